The molecule has 13 heavy (non-hydrogen) atoms. The van der Waals surface area contributed by atoms with E-state index in [0.29, 0.717) is 11.3 Å². The van der Waals surface area contributed by atoms with Gasteiger partial charge in [-0.05, 0) is 31.2 Å². The molecule has 1 aromatic carbocycles. The number of hydrogen-bond donors (Lipinski definition) is 0. The van der Waals surface area contributed by atoms with Crippen molar-refractivity contribution in [2.45, 2.75) is 0 Å². The monoisotopic (exact) mass is 179 g/mol. The van der Waals surface area contributed by atoms with Gasteiger partial charge in [-0.15, -0.1) is 0 Å². The number of carbonyl (C=O) groups excluding carboxylic acids is 1. The average Bonchev–Trinajstić information content (AvgIpc) is 2.18. The van der Waals surface area contributed by atoms with Crippen LogP contribution in [-0.2, 0) is 4.74 Å². The lowest BCUT2D eigenvalue weighted by atomic mass is 10.2. The third-order valence-corrected chi connectivity index (χ3v) is 1.56. The van der Waals surface area contributed by atoms with Crippen molar-refractivity contribution in [2.75, 3.05) is 13.7 Å². The van der Waals surface area contributed by atoms with Gasteiger partial charge in [0.1, 0.15) is 5.75 Å². The number of ether oxygens (including phenoxy) is 2. The summed E-state index contributed by atoms with van der Waals surface area (Å²) in [4.78, 5) is 11.1. The lowest BCUT2D eigenvalue weighted by Crippen LogP contribution is -2.04. The lowest BCUT2D eigenvalue weighted by molar-refractivity contribution is 0.0547. The van der Waals surface area contributed by atoms with E-state index in [0.717, 1.165) is 0 Å². The molecule has 0 heterocycles. The van der Waals surface area contributed by atoms with Gasteiger partial charge in [0.2, 0.25) is 0 Å². The second kappa shape index (κ2) is 4.50. The van der Waals surface area contributed by atoms with Gasteiger partial charge in [0.05, 0.1) is 19.3 Å². The molecule has 0 saturated carbocycles. The molecule has 0 aromatic heterocycles. The molecule has 1 rings (SSSR count). The van der Waals surface area contributed by atoms with E-state index in [4.69, 9.17) is 9.47 Å². The molecule has 3 heteroatoms. The van der Waals surface area contributed by atoms with Gasteiger partial charge in [-0.2, -0.15) is 0 Å². The Bertz CT molecular complexity index is 277. The summed E-state index contributed by atoms with van der Waals surface area (Å²) in [6, 6.07) is 6.72. The molecule has 1 radical (unpaired) electrons. The van der Waals surface area contributed by atoms with Crippen molar-refractivity contribution in [3.8, 4) is 5.75 Å². The van der Waals surface area contributed by atoms with E-state index in [9.17, 15) is 4.79 Å². The largest absolute Gasteiger partial charge is 0.497 e. The molecule has 0 aliphatic rings. The highest BCUT2D eigenvalue weighted by atomic mass is 16.5. The minimum atomic E-state index is -0.363. The van der Waals surface area contributed by atoms with E-state index < -0.39 is 0 Å². The van der Waals surface area contributed by atoms with Crippen molar-refractivity contribution in [1.82, 2.24) is 0 Å². The Morgan fingerprint density at radius 2 is 2.00 bits per heavy atom. The van der Waals surface area contributed by atoms with E-state index in [-0.39, 0.29) is 12.6 Å². The summed E-state index contributed by atoms with van der Waals surface area (Å²) >= 11 is 0. The van der Waals surface area contributed by atoms with Gasteiger partial charge in [0.25, 0.3) is 0 Å². The zero-order valence-corrected chi connectivity index (χ0v) is 7.45. The quantitative estimate of drug-likeness (QED) is 0.662. The Morgan fingerprint density at radius 1 is 1.38 bits per heavy atom. The van der Waals surface area contributed by atoms with Crippen LogP contribution in [0.15, 0.2) is 24.3 Å². The fourth-order valence-electron chi connectivity index (χ4n) is 0.903. The second-order valence-electron chi connectivity index (χ2n) is 2.36. The van der Waals surface area contributed by atoms with Crippen LogP contribution in [0.25, 0.3) is 0 Å². The van der Waals surface area contributed by atoms with Crippen LogP contribution in [0, 0.1) is 6.92 Å². The van der Waals surface area contributed by atoms with Crippen molar-refractivity contribution < 1.29 is 14.3 Å². The molecule has 0 N–H and O–H groups in total. The van der Waals surface area contributed by atoms with Crippen LogP contribution < -0.4 is 4.74 Å². The topological polar surface area (TPSA) is 35.5 Å². The average molecular weight is 179 g/mol. The molecule has 0 fully saturated rings. The fraction of sp³-hybridized carbons (Fsp3) is 0.200. The van der Waals surface area contributed by atoms with Gasteiger partial charge in [0, 0.05) is 0 Å². The van der Waals surface area contributed by atoms with Crippen LogP contribution in [0.2, 0.25) is 0 Å². The molecular formula is C10H11O3. The molecule has 0 spiro atoms. The molecule has 69 valence electrons. The smallest absolute Gasteiger partial charge is 0.338 e. The number of esters is 1. The lowest BCUT2D eigenvalue weighted by Gasteiger charge is -2.02. The minimum absolute atomic E-state index is 0.144. The molecule has 0 amide bonds. The van der Waals surface area contributed by atoms with E-state index in [1.165, 1.54) is 0 Å². The molecule has 3 nitrogen and oxygen atoms in total. The summed E-state index contributed by atoms with van der Waals surface area (Å²) in [5, 5.41) is 0. The Hall–Kier alpha value is -1.51. The van der Waals surface area contributed by atoms with Crippen LogP contribution in [0.3, 0.4) is 0 Å². The Balaban J connectivity index is 2.74. The fourth-order valence-corrected chi connectivity index (χ4v) is 0.903. The second-order valence-corrected chi connectivity index (χ2v) is 2.36. The van der Waals surface area contributed by atoms with E-state index in [2.05, 4.69) is 6.92 Å². The molecule has 0 bridgehead atoms. The Morgan fingerprint density at radius 3 is 2.46 bits per heavy atom. The first kappa shape index (κ1) is 9.58. The molecule has 0 atom stereocenters. The normalized spacial score (nSPS) is 9.38. The van der Waals surface area contributed by atoms with E-state index >= 15 is 0 Å². The van der Waals surface area contributed by atoms with Gasteiger partial charge in [-0.1, -0.05) is 0 Å². The highest BCUT2D eigenvalue weighted by Gasteiger charge is 2.04. The Labute approximate surface area is 77.3 Å². The van der Waals surface area contributed by atoms with Crippen LogP contribution in [-0.4, -0.2) is 19.7 Å². The van der Waals surface area contributed by atoms with Crippen LogP contribution in [0.4, 0.5) is 0 Å². The first-order valence-electron chi connectivity index (χ1n) is 3.88. The maximum absolute atomic E-state index is 11.1. The predicted molar refractivity (Wildman–Crippen MR) is 48.6 cm³/mol. The summed E-state index contributed by atoms with van der Waals surface area (Å²) in [5.74, 6) is 0.351. The summed E-state index contributed by atoms with van der Waals surface area (Å²) < 4.78 is 9.65. The van der Waals surface area contributed by atoms with Crippen LogP contribution >= 0.6 is 0 Å². The highest BCUT2D eigenvalue weighted by Crippen LogP contribution is 2.11. The molecule has 0 unspecified atom stereocenters. The maximum atomic E-state index is 11.1. The zero-order valence-electron chi connectivity index (χ0n) is 7.45. The summed E-state index contributed by atoms with van der Waals surface area (Å²) in [6.07, 6.45) is 0. The molecule has 1 aromatic rings. The van der Waals surface area contributed by atoms with Gasteiger partial charge in [-0.3, -0.25) is 0 Å². The van der Waals surface area contributed by atoms with Crippen LogP contribution in [0.1, 0.15) is 10.4 Å². The number of rotatable bonds is 3. The summed E-state index contributed by atoms with van der Waals surface area (Å²) in [5.41, 5.74) is 0.504. The number of carbonyl (C=O) groups is 1. The minimum Gasteiger partial charge on any atom is -0.497 e. The Kier molecular flexibility index (Phi) is 3.31. The number of hydrogen-bond acceptors (Lipinski definition) is 3. The number of benzene rings is 1. The molecule has 0 aliphatic heterocycles. The third kappa shape index (κ3) is 2.47. The van der Waals surface area contributed by atoms with Gasteiger partial charge in [-0.25, -0.2) is 4.79 Å². The predicted octanol–water partition coefficient (Wildman–Crippen LogP) is 1.69. The molecular weight excluding hydrogens is 168 g/mol. The highest BCUT2D eigenvalue weighted by molar-refractivity contribution is 5.89. The zero-order chi connectivity index (χ0) is 9.68. The maximum Gasteiger partial charge on any atom is 0.338 e. The van der Waals surface area contributed by atoms with Crippen molar-refractivity contribution in [2.24, 2.45) is 0 Å². The third-order valence-electron chi connectivity index (χ3n) is 1.56. The molecule has 0 aliphatic carbocycles. The first-order valence-corrected chi connectivity index (χ1v) is 3.88. The van der Waals surface area contributed by atoms with Crippen molar-refractivity contribution in [1.29, 1.82) is 0 Å². The van der Waals surface area contributed by atoms with E-state index in [1.807, 2.05) is 0 Å². The van der Waals surface area contributed by atoms with Crippen molar-refractivity contribution in [3.05, 3.63) is 36.8 Å². The van der Waals surface area contributed by atoms with Crippen molar-refractivity contribution in [3.63, 3.8) is 0 Å². The van der Waals surface area contributed by atoms with Gasteiger partial charge < -0.3 is 9.47 Å². The van der Waals surface area contributed by atoms with Crippen molar-refractivity contribution >= 4 is 5.97 Å². The van der Waals surface area contributed by atoms with Gasteiger partial charge >= 0.3 is 5.97 Å². The summed E-state index contributed by atoms with van der Waals surface area (Å²) in [6.45, 7) is 3.56. The number of methoxy groups -OCH3 is 1. The van der Waals surface area contributed by atoms with E-state index in [1.54, 1.807) is 31.4 Å². The summed E-state index contributed by atoms with van der Waals surface area (Å²) in [7, 11) is 1.57. The van der Waals surface area contributed by atoms with Gasteiger partial charge in [0.15, 0.2) is 0 Å². The molecule has 0 saturated heterocycles. The first-order chi connectivity index (χ1) is 6.27. The van der Waals surface area contributed by atoms with Crippen LogP contribution in [0.5, 0.6) is 5.75 Å². The SMILES string of the molecule is [CH2]COC(=O)c1ccc(OC)cc1. The standard InChI is InChI=1S/C10H11O3/c1-3-13-10(11)8-4-6-9(12-2)7-5-8/h4-7H,1,3H2,2H3.